The molecule has 1 atom stereocenters. The quantitative estimate of drug-likeness (QED) is 0.249. The summed E-state index contributed by atoms with van der Waals surface area (Å²) in [4.78, 5) is 15.2. The fourth-order valence-electron chi connectivity index (χ4n) is 4.14. The average Bonchev–Trinajstić information content (AvgIpc) is 3.22. The number of likely N-dealkylation sites (tertiary alicyclic amines) is 1. The fourth-order valence-corrected chi connectivity index (χ4v) is 4.40. The highest BCUT2D eigenvalue weighted by atomic mass is 79.9. The molecule has 0 radical (unpaired) electrons. The molecule has 0 aromatic heterocycles. The van der Waals surface area contributed by atoms with Crippen LogP contribution in [0, 0.1) is 0 Å². The average molecular weight is 472 g/mol. The minimum Gasteiger partial charge on any atom is -0.492 e. The van der Waals surface area contributed by atoms with Gasteiger partial charge in [-0.3, -0.25) is 9.69 Å². The monoisotopic (exact) mass is 471 g/mol. The summed E-state index contributed by atoms with van der Waals surface area (Å²) in [6.45, 7) is 5.39. The topological polar surface area (TPSA) is 29.5 Å². The number of hydrogen-bond acceptors (Lipinski definition) is 3. The molecule has 4 heteroatoms. The summed E-state index contributed by atoms with van der Waals surface area (Å²) in [7, 11) is 0. The van der Waals surface area contributed by atoms with Gasteiger partial charge in [0.25, 0.3) is 0 Å². The molecule has 3 rings (SSSR count). The normalized spacial score (nSPS) is 16.7. The molecule has 3 nitrogen and oxygen atoms in total. The van der Waals surface area contributed by atoms with Crippen molar-refractivity contribution in [1.29, 1.82) is 0 Å². The number of unbranched alkanes of at least 4 members (excludes halogenated alkanes) is 5. The first-order valence-corrected chi connectivity index (χ1v) is 12.2. The number of hydrogen-bond donors (Lipinski definition) is 0. The Morgan fingerprint density at radius 3 is 2.30 bits per heavy atom. The van der Waals surface area contributed by atoms with Crippen LogP contribution in [0.4, 0.5) is 0 Å². The third-order valence-corrected chi connectivity index (χ3v) is 6.49. The second kappa shape index (κ2) is 12.3. The zero-order valence-electron chi connectivity index (χ0n) is 18.1. The molecule has 2 aromatic rings. The van der Waals surface area contributed by atoms with E-state index in [-0.39, 0.29) is 5.78 Å². The van der Waals surface area contributed by atoms with Crippen molar-refractivity contribution < 1.29 is 9.53 Å². The van der Waals surface area contributed by atoms with Crippen molar-refractivity contribution in [2.75, 3.05) is 19.7 Å². The van der Waals surface area contributed by atoms with Crippen LogP contribution in [0.5, 0.6) is 5.75 Å². The molecule has 162 valence electrons. The highest BCUT2D eigenvalue weighted by Crippen LogP contribution is 2.21. The predicted octanol–water partition coefficient (Wildman–Crippen LogP) is 6.88. The number of ether oxygens (including phenoxy) is 1. The highest BCUT2D eigenvalue weighted by Gasteiger charge is 2.24. The number of benzene rings is 2. The molecule has 1 heterocycles. The van der Waals surface area contributed by atoms with Crippen molar-refractivity contribution in [3.63, 3.8) is 0 Å². The minimum atomic E-state index is 0.0370. The van der Waals surface area contributed by atoms with Crippen LogP contribution in [0.1, 0.15) is 74.2 Å². The van der Waals surface area contributed by atoms with Gasteiger partial charge < -0.3 is 4.74 Å². The number of rotatable bonds is 12. The maximum atomic E-state index is 12.6. The Morgan fingerprint density at radius 1 is 0.967 bits per heavy atom. The predicted molar refractivity (Wildman–Crippen MR) is 127 cm³/mol. The summed E-state index contributed by atoms with van der Waals surface area (Å²) in [5.74, 6) is 0.878. The van der Waals surface area contributed by atoms with E-state index in [0.29, 0.717) is 17.2 Å². The third kappa shape index (κ3) is 6.95. The zero-order chi connectivity index (χ0) is 21.2. The summed E-state index contributed by atoms with van der Waals surface area (Å²) in [5.41, 5.74) is 1.39. The van der Waals surface area contributed by atoms with Crippen molar-refractivity contribution in [3.8, 4) is 5.75 Å². The van der Waals surface area contributed by atoms with Gasteiger partial charge in [0, 0.05) is 21.6 Å². The Labute approximate surface area is 189 Å². The molecule has 0 saturated carbocycles. The standard InChI is InChI=1S/C26H34BrNO2/c1-2-3-4-5-6-7-18-28-19-8-9-24(28)20-30-25-16-12-22(13-17-25)26(29)21-10-14-23(27)15-11-21/h10-17,24H,2-9,18-20H2,1H3. The van der Waals surface area contributed by atoms with Gasteiger partial charge in [-0.25, -0.2) is 0 Å². The Bertz CT molecular complexity index is 773. The summed E-state index contributed by atoms with van der Waals surface area (Å²) < 4.78 is 7.05. The molecular formula is C26H34BrNO2. The molecule has 1 unspecified atom stereocenters. The van der Waals surface area contributed by atoms with Crippen LogP contribution in [0.3, 0.4) is 0 Å². The fraction of sp³-hybridized carbons (Fsp3) is 0.500. The maximum absolute atomic E-state index is 12.6. The number of nitrogens with zero attached hydrogens (tertiary/aromatic N) is 1. The van der Waals surface area contributed by atoms with Crippen LogP contribution >= 0.6 is 15.9 Å². The molecular weight excluding hydrogens is 438 g/mol. The summed E-state index contributed by atoms with van der Waals surface area (Å²) in [6, 6.07) is 15.5. The summed E-state index contributed by atoms with van der Waals surface area (Å²) in [6.07, 6.45) is 10.6. The summed E-state index contributed by atoms with van der Waals surface area (Å²) in [5, 5.41) is 0. The van der Waals surface area contributed by atoms with E-state index in [1.54, 1.807) is 0 Å². The Morgan fingerprint density at radius 2 is 1.60 bits per heavy atom. The van der Waals surface area contributed by atoms with Gasteiger partial charge in [-0.05, 0) is 80.9 Å². The minimum absolute atomic E-state index is 0.0370. The van der Waals surface area contributed by atoms with Gasteiger partial charge in [0.1, 0.15) is 12.4 Å². The smallest absolute Gasteiger partial charge is 0.193 e. The van der Waals surface area contributed by atoms with E-state index in [2.05, 4.69) is 27.8 Å². The molecule has 0 spiro atoms. The van der Waals surface area contributed by atoms with Crippen molar-refractivity contribution in [2.45, 2.75) is 64.3 Å². The lowest BCUT2D eigenvalue weighted by Gasteiger charge is -2.24. The number of carbonyl (C=O) groups excluding carboxylic acids is 1. The van der Waals surface area contributed by atoms with Gasteiger partial charge in [-0.1, -0.05) is 55.0 Å². The van der Waals surface area contributed by atoms with E-state index < -0.39 is 0 Å². The SMILES string of the molecule is CCCCCCCCN1CCCC1COc1ccc(C(=O)c2ccc(Br)cc2)cc1. The van der Waals surface area contributed by atoms with E-state index in [4.69, 9.17) is 4.74 Å². The van der Waals surface area contributed by atoms with E-state index in [0.717, 1.165) is 16.8 Å². The van der Waals surface area contributed by atoms with Crippen molar-refractivity contribution in [3.05, 3.63) is 64.1 Å². The Balaban J connectivity index is 1.44. The van der Waals surface area contributed by atoms with Gasteiger partial charge >= 0.3 is 0 Å². The molecule has 0 bridgehead atoms. The third-order valence-electron chi connectivity index (χ3n) is 5.96. The van der Waals surface area contributed by atoms with E-state index in [1.165, 1.54) is 64.5 Å². The molecule has 0 aliphatic carbocycles. The van der Waals surface area contributed by atoms with Crippen LogP contribution < -0.4 is 4.74 Å². The largest absolute Gasteiger partial charge is 0.492 e. The molecule has 1 saturated heterocycles. The van der Waals surface area contributed by atoms with Crippen LogP contribution in [0.25, 0.3) is 0 Å². The lowest BCUT2D eigenvalue weighted by Crippen LogP contribution is -2.34. The molecule has 0 amide bonds. The van der Waals surface area contributed by atoms with Crippen LogP contribution in [-0.2, 0) is 0 Å². The maximum Gasteiger partial charge on any atom is 0.193 e. The van der Waals surface area contributed by atoms with Gasteiger partial charge in [-0.15, -0.1) is 0 Å². The van der Waals surface area contributed by atoms with Gasteiger partial charge in [-0.2, -0.15) is 0 Å². The summed E-state index contributed by atoms with van der Waals surface area (Å²) >= 11 is 3.40. The molecule has 2 aromatic carbocycles. The molecule has 0 N–H and O–H groups in total. The van der Waals surface area contributed by atoms with Crippen molar-refractivity contribution >= 4 is 21.7 Å². The molecule has 1 aliphatic rings. The first-order chi connectivity index (χ1) is 14.7. The first kappa shape index (κ1) is 23.0. The first-order valence-electron chi connectivity index (χ1n) is 11.4. The van der Waals surface area contributed by atoms with Gasteiger partial charge in [0.2, 0.25) is 0 Å². The Kier molecular flexibility index (Phi) is 9.41. The molecule has 1 aliphatic heterocycles. The lowest BCUT2D eigenvalue weighted by molar-refractivity contribution is 0.103. The molecule has 1 fully saturated rings. The van der Waals surface area contributed by atoms with E-state index in [9.17, 15) is 4.79 Å². The van der Waals surface area contributed by atoms with Gasteiger partial charge in [0.15, 0.2) is 5.78 Å². The van der Waals surface area contributed by atoms with E-state index in [1.807, 2.05) is 48.5 Å². The van der Waals surface area contributed by atoms with Crippen molar-refractivity contribution in [2.24, 2.45) is 0 Å². The van der Waals surface area contributed by atoms with E-state index >= 15 is 0 Å². The van der Waals surface area contributed by atoms with Crippen LogP contribution in [0.2, 0.25) is 0 Å². The number of carbonyl (C=O) groups is 1. The Hall–Kier alpha value is -1.65. The molecule has 30 heavy (non-hydrogen) atoms. The highest BCUT2D eigenvalue weighted by molar-refractivity contribution is 9.10. The zero-order valence-corrected chi connectivity index (χ0v) is 19.7. The van der Waals surface area contributed by atoms with Gasteiger partial charge in [0.05, 0.1) is 0 Å². The second-order valence-corrected chi connectivity index (χ2v) is 9.19. The second-order valence-electron chi connectivity index (χ2n) is 8.27. The lowest BCUT2D eigenvalue weighted by atomic mass is 10.0. The number of halogens is 1. The van der Waals surface area contributed by atoms with Crippen LogP contribution in [-0.4, -0.2) is 36.4 Å². The van der Waals surface area contributed by atoms with Crippen molar-refractivity contribution in [1.82, 2.24) is 4.90 Å². The van der Waals surface area contributed by atoms with Crippen LogP contribution in [0.15, 0.2) is 53.0 Å². The number of ketones is 1.